The predicted molar refractivity (Wildman–Crippen MR) is 83.0 cm³/mol. The maximum absolute atomic E-state index is 13.1. The van der Waals surface area contributed by atoms with Crippen molar-refractivity contribution in [3.8, 4) is 5.69 Å². The third kappa shape index (κ3) is 4.15. The van der Waals surface area contributed by atoms with E-state index >= 15 is 0 Å². The van der Waals surface area contributed by atoms with Crippen LogP contribution in [0.3, 0.4) is 0 Å². The van der Waals surface area contributed by atoms with Gasteiger partial charge >= 0.3 is 5.97 Å². The lowest BCUT2D eigenvalue weighted by Crippen LogP contribution is -2.14. The van der Waals surface area contributed by atoms with Gasteiger partial charge < -0.3 is 10.1 Å². The fourth-order valence-electron chi connectivity index (χ4n) is 1.99. The largest absolute Gasteiger partial charge is 0.461 e. The van der Waals surface area contributed by atoms with Crippen molar-refractivity contribution in [1.82, 2.24) is 9.78 Å². The number of nitrogens with one attached hydrogen (secondary N) is 1. The Labute approximate surface area is 133 Å². The number of aromatic nitrogens is 2. The van der Waals surface area contributed by atoms with Crippen molar-refractivity contribution in [2.45, 2.75) is 26.7 Å². The number of ether oxygens (including phenoxy) is 1. The van der Waals surface area contributed by atoms with Crippen molar-refractivity contribution in [1.29, 1.82) is 0 Å². The molecule has 1 heterocycles. The van der Waals surface area contributed by atoms with Crippen LogP contribution in [0.5, 0.6) is 0 Å². The van der Waals surface area contributed by atoms with Crippen LogP contribution in [0.15, 0.2) is 30.3 Å². The highest BCUT2D eigenvalue weighted by Gasteiger charge is 2.17. The number of anilines is 1. The summed E-state index contributed by atoms with van der Waals surface area (Å²) >= 11 is 0. The summed E-state index contributed by atoms with van der Waals surface area (Å²) in [6.45, 7) is 3.81. The number of hydrogen-bond acceptors (Lipinski definition) is 4. The van der Waals surface area contributed by atoms with Crippen LogP contribution in [-0.2, 0) is 9.53 Å². The standard InChI is InChI=1S/C16H18FN3O3/c1-3-5-15(21)18-14-10-13(16(22)23-4-2)19-20(14)12-8-6-11(17)7-9-12/h6-10H,3-5H2,1-2H3,(H,18,21). The number of carbonyl (C=O) groups is 2. The van der Waals surface area contributed by atoms with Gasteiger partial charge in [-0.2, -0.15) is 5.10 Å². The minimum absolute atomic E-state index is 0.0722. The van der Waals surface area contributed by atoms with E-state index in [1.54, 1.807) is 6.92 Å². The summed E-state index contributed by atoms with van der Waals surface area (Å²) in [5, 5.41) is 6.85. The normalized spacial score (nSPS) is 10.4. The Morgan fingerprint density at radius 2 is 1.96 bits per heavy atom. The molecule has 0 unspecified atom stereocenters. The SMILES string of the molecule is CCCC(=O)Nc1cc(C(=O)OCC)nn1-c1ccc(F)cc1. The third-order valence-electron chi connectivity index (χ3n) is 3.01. The van der Waals surface area contributed by atoms with E-state index in [1.807, 2.05) is 6.92 Å². The molecule has 1 amide bonds. The van der Waals surface area contributed by atoms with Gasteiger partial charge in [0.15, 0.2) is 5.69 Å². The molecule has 1 aromatic heterocycles. The summed E-state index contributed by atoms with van der Waals surface area (Å²) < 4.78 is 19.4. The first-order chi connectivity index (χ1) is 11.0. The minimum atomic E-state index is -0.584. The molecule has 2 aromatic rings. The highest BCUT2D eigenvalue weighted by molar-refractivity contribution is 5.93. The van der Waals surface area contributed by atoms with E-state index in [9.17, 15) is 14.0 Å². The molecule has 0 aliphatic carbocycles. The van der Waals surface area contributed by atoms with Crippen LogP contribution in [0.25, 0.3) is 5.69 Å². The van der Waals surface area contributed by atoms with Gasteiger partial charge in [0.05, 0.1) is 12.3 Å². The van der Waals surface area contributed by atoms with Gasteiger partial charge in [-0.1, -0.05) is 6.92 Å². The number of rotatable bonds is 6. The number of carbonyl (C=O) groups excluding carboxylic acids is 2. The zero-order valence-corrected chi connectivity index (χ0v) is 13.0. The Morgan fingerprint density at radius 3 is 2.57 bits per heavy atom. The molecule has 2 rings (SSSR count). The molecule has 1 N–H and O–H groups in total. The lowest BCUT2D eigenvalue weighted by Gasteiger charge is -2.08. The number of hydrogen-bond donors (Lipinski definition) is 1. The van der Waals surface area contributed by atoms with Gasteiger partial charge in [-0.3, -0.25) is 4.79 Å². The second-order valence-corrected chi connectivity index (χ2v) is 4.82. The van der Waals surface area contributed by atoms with Crippen molar-refractivity contribution in [2.24, 2.45) is 0 Å². The predicted octanol–water partition coefficient (Wildman–Crippen LogP) is 2.93. The molecule has 0 fully saturated rings. The van der Waals surface area contributed by atoms with Gasteiger partial charge in [0.2, 0.25) is 5.91 Å². The Bertz CT molecular complexity index is 695. The number of benzene rings is 1. The summed E-state index contributed by atoms with van der Waals surface area (Å²) in [6.07, 6.45) is 1.05. The Morgan fingerprint density at radius 1 is 1.26 bits per heavy atom. The molecule has 0 saturated carbocycles. The number of halogens is 1. The fourth-order valence-corrected chi connectivity index (χ4v) is 1.99. The fraction of sp³-hybridized carbons (Fsp3) is 0.312. The van der Waals surface area contributed by atoms with E-state index in [-0.39, 0.29) is 24.0 Å². The van der Waals surface area contributed by atoms with Crippen LogP contribution in [0.4, 0.5) is 10.2 Å². The monoisotopic (exact) mass is 319 g/mol. The number of esters is 1. The molecule has 0 bridgehead atoms. The van der Waals surface area contributed by atoms with E-state index in [2.05, 4.69) is 10.4 Å². The molecule has 7 heteroatoms. The van der Waals surface area contributed by atoms with Crippen molar-refractivity contribution >= 4 is 17.7 Å². The molecular formula is C16H18FN3O3. The maximum atomic E-state index is 13.1. The van der Waals surface area contributed by atoms with E-state index in [0.717, 1.165) is 0 Å². The summed E-state index contributed by atoms with van der Waals surface area (Å²) in [7, 11) is 0. The van der Waals surface area contributed by atoms with Crippen molar-refractivity contribution in [2.75, 3.05) is 11.9 Å². The van der Waals surface area contributed by atoms with Crippen molar-refractivity contribution in [3.63, 3.8) is 0 Å². The van der Waals surface area contributed by atoms with Gasteiger partial charge in [-0.15, -0.1) is 0 Å². The van der Waals surface area contributed by atoms with Crippen LogP contribution < -0.4 is 5.32 Å². The van der Waals surface area contributed by atoms with Crippen molar-refractivity contribution in [3.05, 3.63) is 41.8 Å². The highest BCUT2D eigenvalue weighted by atomic mass is 19.1. The second kappa shape index (κ2) is 7.53. The Kier molecular flexibility index (Phi) is 5.46. The maximum Gasteiger partial charge on any atom is 0.358 e. The molecule has 1 aromatic carbocycles. The first-order valence-corrected chi connectivity index (χ1v) is 7.38. The number of amides is 1. The van der Waals surface area contributed by atoms with Crippen LogP contribution in [0.2, 0.25) is 0 Å². The molecule has 0 atom stereocenters. The van der Waals surface area contributed by atoms with Crippen molar-refractivity contribution < 1.29 is 18.7 Å². The third-order valence-corrected chi connectivity index (χ3v) is 3.01. The van der Waals surface area contributed by atoms with Crippen LogP contribution in [0, 0.1) is 5.82 Å². The van der Waals surface area contributed by atoms with E-state index in [4.69, 9.17) is 4.74 Å². The highest BCUT2D eigenvalue weighted by Crippen LogP contribution is 2.19. The second-order valence-electron chi connectivity index (χ2n) is 4.82. The summed E-state index contributed by atoms with van der Waals surface area (Å²) in [6, 6.07) is 7.01. The van der Waals surface area contributed by atoms with Gasteiger partial charge in [0.25, 0.3) is 0 Å². The molecule has 0 aliphatic rings. The lowest BCUT2D eigenvalue weighted by atomic mass is 10.3. The van der Waals surface area contributed by atoms with E-state index in [1.165, 1.54) is 35.0 Å². The molecule has 0 aliphatic heterocycles. The van der Waals surface area contributed by atoms with E-state index in [0.29, 0.717) is 24.3 Å². The zero-order chi connectivity index (χ0) is 16.8. The topological polar surface area (TPSA) is 73.2 Å². The zero-order valence-electron chi connectivity index (χ0n) is 13.0. The molecular weight excluding hydrogens is 301 g/mol. The van der Waals surface area contributed by atoms with Gasteiger partial charge in [0.1, 0.15) is 11.6 Å². The first-order valence-electron chi connectivity index (χ1n) is 7.38. The quantitative estimate of drug-likeness (QED) is 0.831. The summed E-state index contributed by atoms with van der Waals surface area (Å²) in [5.74, 6) is -0.827. The van der Waals surface area contributed by atoms with Crippen LogP contribution in [-0.4, -0.2) is 28.3 Å². The van der Waals surface area contributed by atoms with Gasteiger partial charge in [-0.05, 0) is 37.6 Å². The number of nitrogens with zero attached hydrogens (tertiary/aromatic N) is 2. The minimum Gasteiger partial charge on any atom is -0.461 e. The first kappa shape index (κ1) is 16.7. The Hall–Kier alpha value is -2.70. The lowest BCUT2D eigenvalue weighted by molar-refractivity contribution is -0.116. The molecule has 0 saturated heterocycles. The molecule has 0 spiro atoms. The molecule has 6 nitrogen and oxygen atoms in total. The molecule has 23 heavy (non-hydrogen) atoms. The average molecular weight is 319 g/mol. The van der Waals surface area contributed by atoms with E-state index < -0.39 is 5.97 Å². The smallest absolute Gasteiger partial charge is 0.358 e. The molecule has 122 valence electrons. The van der Waals surface area contributed by atoms with Gasteiger partial charge in [-0.25, -0.2) is 13.9 Å². The van der Waals surface area contributed by atoms with Gasteiger partial charge in [0, 0.05) is 12.5 Å². The van der Waals surface area contributed by atoms with Crippen LogP contribution >= 0.6 is 0 Å². The summed E-state index contributed by atoms with van der Waals surface area (Å²) in [5.41, 5.74) is 0.594. The summed E-state index contributed by atoms with van der Waals surface area (Å²) in [4.78, 5) is 23.7. The van der Waals surface area contributed by atoms with Crippen LogP contribution in [0.1, 0.15) is 37.2 Å². The Balaban J connectivity index is 2.38. The molecule has 0 radical (unpaired) electrons. The average Bonchev–Trinajstić information content (AvgIpc) is 2.92.